The lowest BCUT2D eigenvalue weighted by Gasteiger charge is -2.30. The van der Waals surface area contributed by atoms with Gasteiger partial charge in [-0.15, -0.1) is 0 Å². The molecular weight excluding hydrogens is 166 g/mol. The van der Waals surface area contributed by atoms with E-state index in [9.17, 15) is 0 Å². The molecule has 3 heteroatoms. The van der Waals surface area contributed by atoms with E-state index >= 15 is 0 Å². The fourth-order valence-electron chi connectivity index (χ4n) is 2.02. The van der Waals surface area contributed by atoms with Crippen molar-refractivity contribution < 1.29 is 9.47 Å². The van der Waals surface area contributed by atoms with E-state index in [1.807, 2.05) is 0 Å². The molecule has 0 bridgehead atoms. The fourth-order valence-corrected chi connectivity index (χ4v) is 2.02. The van der Waals surface area contributed by atoms with E-state index < -0.39 is 0 Å². The Hall–Kier alpha value is -0.120. The summed E-state index contributed by atoms with van der Waals surface area (Å²) < 4.78 is 11.3. The Labute approximate surface area is 79.8 Å². The predicted octanol–water partition coefficient (Wildman–Crippen LogP) is 0.934. The number of piperidine rings is 1. The highest BCUT2D eigenvalue weighted by molar-refractivity contribution is 4.72. The van der Waals surface area contributed by atoms with Gasteiger partial charge in [0.15, 0.2) is 0 Å². The number of hydrogen-bond donors (Lipinski definition) is 1. The molecule has 2 heterocycles. The van der Waals surface area contributed by atoms with Crippen LogP contribution in [0, 0.1) is 0 Å². The van der Waals surface area contributed by atoms with Gasteiger partial charge in [0.05, 0.1) is 12.2 Å². The van der Waals surface area contributed by atoms with Gasteiger partial charge in [-0.25, -0.2) is 0 Å². The van der Waals surface area contributed by atoms with Gasteiger partial charge in [-0.3, -0.25) is 0 Å². The first-order valence-electron chi connectivity index (χ1n) is 5.39. The minimum Gasteiger partial charge on any atom is -0.381 e. The van der Waals surface area contributed by atoms with Crippen molar-refractivity contribution in [3.8, 4) is 0 Å². The average molecular weight is 185 g/mol. The van der Waals surface area contributed by atoms with Crippen LogP contribution in [-0.2, 0) is 9.47 Å². The molecule has 2 rings (SSSR count). The second kappa shape index (κ2) is 4.94. The van der Waals surface area contributed by atoms with E-state index in [4.69, 9.17) is 9.47 Å². The van der Waals surface area contributed by atoms with Crippen LogP contribution in [-0.4, -0.2) is 38.5 Å². The van der Waals surface area contributed by atoms with E-state index in [0.717, 1.165) is 39.1 Å². The molecule has 0 radical (unpaired) electrons. The Morgan fingerprint density at radius 3 is 2.62 bits per heavy atom. The lowest BCUT2D eigenvalue weighted by atomic mass is 10.1. The Bertz CT molecular complexity index is 124. The highest BCUT2D eigenvalue weighted by atomic mass is 16.5. The molecule has 0 aromatic carbocycles. The van der Waals surface area contributed by atoms with Gasteiger partial charge in [0.25, 0.3) is 0 Å². The monoisotopic (exact) mass is 185 g/mol. The fraction of sp³-hybridized carbons (Fsp3) is 1.00. The summed E-state index contributed by atoms with van der Waals surface area (Å²) in [5.41, 5.74) is 0. The molecule has 1 atom stereocenters. The molecule has 1 N–H and O–H groups in total. The van der Waals surface area contributed by atoms with Gasteiger partial charge >= 0.3 is 0 Å². The van der Waals surface area contributed by atoms with Crippen LogP contribution in [0.4, 0.5) is 0 Å². The molecule has 3 nitrogen and oxygen atoms in total. The Morgan fingerprint density at radius 2 is 1.92 bits per heavy atom. The lowest BCUT2D eigenvalue weighted by Crippen LogP contribution is -2.39. The van der Waals surface area contributed by atoms with Crippen molar-refractivity contribution in [1.29, 1.82) is 0 Å². The minimum absolute atomic E-state index is 0.455. The quantitative estimate of drug-likeness (QED) is 0.694. The molecule has 13 heavy (non-hydrogen) atoms. The Balaban J connectivity index is 1.69. The molecule has 0 aromatic heterocycles. The number of rotatable bonds is 2. The van der Waals surface area contributed by atoms with Gasteiger partial charge < -0.3 is 14.8 Å². The first-order valence-corrected chi connectivity index (χ1v) is 5.39. The molecule has 2 fully saturated rings. The zero-order valence-corrected chi connectivity index (χ0v) is 8.13. The second-order valence-electron chi connectivity index (χ2n) is 3.92. The van der Waals surface area contributed by atoms with Crippen molar-refractivity contribution in [1.82, 2.24) is 5.32 Å². The third-order valence-electron chi connectivity index (χ3n) is 2.80. The van der Waals surface area contributed by atoms with Crippen molar-refractivity contribution in [3.05, 3.63) is 0 Å². The van der Waals surface area contributed by atoms with Gasteiger partial charge in [0.1, 0.15) is 0 Å². The van der Waals surface area contributed by atoms with Crippen LogP contribution >= 0.6 is 0 Å². The van der Waals surface area contributed by atoms with E-state index in [1.54, 1.807) is 0 Å². The van der Waals surface area contributed by atoms with Crippen LogP contribution in [0.3, 0.4) is 0 Å². The highest BCUT2D eigenvalue weighted by Crippen LogP contribution is 2.16. The van der Waals surface area contributed by atoms with Crippen molar-refractivity contribution in [2.75, 3.05) is 26.3 Å². The third kappa shape index (κ3) is 2.93. The topological polar surface area (TPSA) is 30.5 Å². The zero-order valence-electron chi connectivity index (χ0n) is 8.13. The van der Waals surface area contributed by atoms with Crippen LogP contribution in [0.5, 0.6) is 0 Å². The van der Waals surface area contributed by atoms with Crippen LogP contribution in [0.15, 0.2) is 0 Å². The van der Waals surface area contributed by atoms with Crippen LogP contribution < -0.4 is 5.32 Å². The van der Waals surface area contributed by atoms with Gasteiger partial charge in [-0.2, -0.15) is 0 Å². The van der Waals surface area contributed by atoms with E-state index in [-0.39, 0.29) is 0 Å². The summed E-state index contributed by atoms with van der Waals surface area (Å²) in [5.74, 6) is 0. The first kappa shape index (κ1) is 9.44. The van der Waals surface area contributed by atoms with Crippen molar-refractivity contribution >= 4 is 0 Å². The summed E-state index contributed by atoms with van der Waals surface area (Å²) in [5, 5.41) is 3.37. The molecule has 2 aliphatic heterocycles. The number of ether oxygens (including phenoxy) is 2. The molecule has 2 aliphatic rings. The predicted molar refractivity (Wildman–Crippen MR) is 50.8 cm³/mol. The van der Waals surface area contributed by atoms with Gasteiger partial charge in [-0.05, 0) is 32.2 Å². The smallest absolute Gasteiger partial charge is 0.0703 e. The third-order valence-corrected chi connectivity index (χ3v) is 2.80. The van der Waals surface area contributed by atoms with E-state index in [2.05, 4.69) is 5.32 Å². The van der Waals surface area contributed by atoms with Gasteiger partial charge in [0.2, 0.25) is 0 Å². The molecule has 0 amide bonds. The average Bonchev–Trinajstić information content (AvgIpc) is 2.21. The molecule has 0 spiro atoms. The number of nitrogens with one attached hydrogen (secondary N) is 1. The van der Waals surface area contributed by atoms with Crippen molar-refractivity contribution in [2.45, 2.75) is 37.9 Å². The maximum atomic E-state index is 5.99. The molecule has 76 valence electrons. The normalized spacial score (nSPS) is 31.8. The summed E-state index contributed by atoms with van der Waals surface area (Å²) in [6, 6.07) is 0. The SMILES string of the molecule is C1CNC[C@@H](OC2CCOCC2)C1. The lowest BCUT2D eigenvalue weighted by molar-refractivity contribution is -0.0736. The summed E-state index contributed by atoms with van der Waals surface area (Å²) in [6.45, 7) is 3.96. The summed E-state index contributed by atoms with van der Waals surface area (Å²) >= 11 is 0. The standard InChI is InChI=1S/C10H19NO2/c1-2-10(8-11-5-1)13-9-3-6-12-7-4-9/h9-11H,1-8H2/t10-/m0/s1. The van der Waals surface area contributed by atoms with Crippen molar-refractivity contribution in [2.24, 2.45) is 0 Å². The van der Waals surface area contributed by atoms with Crippen LogP contribution in [0.25, 0.3) is 0 Å². The van der Waals surface area contributed by atoms with E-state index in [0.29, 0.717) is 12.2 Å². The summed E-state index contributed by atoms with van der Waals surface area (Å²) in [7, 11) is 0. The van der Waals surface area contributed by atoms with Gasteiger partial charge in [0, 0.05) is 19.8 Å². The molecule has 2 saturated heterocycles. The number of hydrogen-bond acceptors (Lipinski definition) is 3. The van der Waals surface area contributed by atoms with E-state index in [1.165, 1.54) is 12.8 Å². The molecule has 0 saturated carbocycles. The van der Waals surface area contributed by atoms with Crippen LogP contribution in [0.2, 0.25) is 0 Å². The maximum absolute atomic E-state index is 5.99. The largest absolute Gasteiger partial charge is 0.381 e. The summed E-state index contributed by atoms with van der Waals surface area (Å²) in [4.78, 5) is 0. The van der Waals surface area contributed by atoms with Crippen molar-refractivity contribution in [3.63, 3.8) is 0 Å². The highest BCUT2D eigenvalue weighted by Gasteiger charge is 2.20. The minimum atomic E-state index is 0.455. The Morgan fingerprint density at radius 1 is 1.08 bits per heavy atom. The first-order chi connectivity index (χ1) is 6.45. The summed E-state index contributed by atoms with van der Waals surface area (Å²) in [6.07, 6.45) is 5.56. The second-order valence-corrected chi connectivity index (χ2v) is 3.92. The molecule has 0 unspecified atom stereocenters. The molecular formula is C10H19NO2. The molecule has 0 aromatic rings. The van der Waals surface area contributed by atoms with Crippen LogP contribution in [0.1, 0.15) is 25.7 Å². The maximum Gasteiger partial charge on any atom is 0.0703 e. The zero-order chi connectivity index (χ0) is 8.93. The van der Waals surface area contributed by atoms with Gasteiger partial charge in [-0.1, -0.05) is 0 Å². The Kier molecular flexibility index (Phi) is 3.58. The molecule has 0 aliphatic carbocycles.